The van der Waals surface area contributed by atoms with E-state index >= 15 is 0 Å². The molecule has 0 fully saturated rings. The highest BCUT2D eigenvalue weighted by Gasteiger charge is 2.09. The number of carbonyl (C=O) groups excluding carboxylic acids is 1. The van der Waals surface area contributed by atoms with E-state index in [-0.39, 0.29) is 11.7 Å². The van der Waals surface area contributed by atoms with Crippen molar-refractivity contribution in [2.24, 2.45) is 0 Å². The van der Waals surface area contributed by atoms with Gasteiger partial charge in [-0.2, -0.15) is 8.78 Å². The van der Waals surface area contributed by atoms with Gasteiger partial charge in [0.05, 0.1) is 5.52 Å². The largest absolute Gasteiger partial charge is 0.435 e. The molecule has 0 saturated carbocycles. The molecule has 3 rings (SSSR count). The van der Waals surface area contributed by atoms with Gasteiger partial charge in [-0.25, -0.2) is 4.98 Å². The van der Waals surface area contributed by atoms with E-state index < -0.39 is 6.61 Å². The number of alkyl halides is 2. The summed E-state index contributed by atoms with van der Waals surface area (Å²) in [7, 11) is 0. The van der Waals surface area contributed by atoms with Gasteiger partial charge in [0, 0.05) is 16.6 Å². The minimum Gasteiger partial charge on any atom is -0.435 e. The Balaban J connectivity index is 1.75. The Morgan fingerprint density at radius 2 is 1.83 bits per heavy atom. The molecule has 1 aromatic heterocycles. The van der Waals surface area contributed by atoms with E-state index in [0.29, 0.717) is 21.9 Å². The third kappa shape index (κ3) is 3.78. The number of pyridine rings is 1. The van der Waals surface area contributed by atoms with Crippen LogP contribution in [0.1, 0.15) is 10.4 Å². The molecule has 4 nitrogen and oxygen atoms in total. The molecular formula is C17H11ClF2N2O2. The van der Waals surface area contributed by atoms with Gasteiger partial charge < -0.3 is 10.1 Å². The minimum absolute atomic E-state index is 0.0247. The highest BCUT2D eigenvalue weighted by Crippen LogP contribution is 2.20. The fraction of sp³-hybridized carbons (Fsp3) is 0.0588. The number of hydrogen-bond donors (Lipinski definition) is 1. The van der Waals surface area contributed by atoms with E-state index in [9.17, 15) is 13.6 Å². The normalized spacial score (nSPS) is 10.8. The SMILES string of the molecule is O=C(Nc1ccc(OC(F)F)cc1)c1ccc2nc(Cl)ccc2c1. The van der Waals surface area contributed by atoms with E-state index in [0.717, 1.165) is 5.39 Å². The topological polar surface area (TPSA) is 51.2 Å². The lowest BCUT2D eigenvalue weighted by molar-refractivity contribution is -0.0498. The molecule has 2 aromatic carbocycles. The van der Waals surface area contributed by atoms with Crippen LogP contribution in [0.25, 0.3) is 10.9 Å². The summed E-state index contributed by atoms with van der Waals surface area (Å²) in [6.45, 7) is -2.88. The zero-order chi connectivity index (χ0) is 17.1. The number of halogens is 3. The molecule has 1 N–H and O–H groups in total. The van der Waals surface area contributed by atoms with Crippen molar-refractivity contribution in [2.75, 3.05) is 5.32 Å². The first kappa shape index (κ1) is 16.1. The minimum atomic E-state index is -2.88. The third-order valence-electron chi connectivity index (χ3n) is 3.25. The molecule has 0 bridgehead atoms. The van der Waals surface area contributed by atoms with E-state index in [2.05, 4.69) is 15.0 Å². The fourth-order valence-electron chi connectivity index (χ4n) is 2.16. The van der Waals surface area contributed by atoms with Crippen molar-refractivity contribution < 1.29 is 18.3 Å². The maximum absolute atomic E-state index is 12.3. The average molecular weight is 349 g/mol. The van der Waals surface area contributed by atoms with Gasteiger partial charge in [0.2, 0.25) is 0 Å². The zero-order valence-corrected chi connectivity index (χ0v) is 12.9. The van der Waals surface area contributed by atoms with E-state index in [4.69, 9.17) is 11.6 Å². The van der Waals surface area contributed by atoms with Crippen molar-refractivity contribution in [1.29, 1.82) is 0 Å². The quantitative estimate of drug-likeness (QED) is 0.693. The van der Waals surface area contributed by atoms with Gasteiger partial charge in [-0.3, -0.25) is 4.79 Å². The van der Waals surface area contributed by atoms with Crippen LogP contribution in [0.5, 0.6) is 5.75 Å². The first-order valence-electron chi connectivity index (χ1n) is 6.94. The standard InChI is InChI=1S/C17H11ClF2N2O2/c18-15-8-2-10-9-11(1-7-14(10)22-15)16(23)21-12-3-5-13(6-4-12)24-17(19)20/h1-9,17H,(H,21,23). The van der Waals surface area contributed by atoms with Crippen LogP contribution < -0.4 is 10.1 Å². The van der Waals surface area contributed by atoms with Crippen LogP contribution in [0.15, 0.2) is 54.6 Å². The lowest BCUT2D eigenvalue weighted by atomic mass is 10.1. The van der Waals surface area contributed by atoms with Crippen molar-refractivity contribution in [3.8, 4) is 5.75 Å². The number of benzene rings is 2. The number of amides is 1. The van der Waals surface area contributed by atoms with Crippen LogP contribution >= 0.6 is 11.6 Å². The van der Waals surface area contributed by atoms with Crippen molar-refractivity contribution >= 4 is 34.1 Å². The Bertz CT molecular complexity index is 885. The summed E-state index contributed by atoms with van der Waals surface area (Å²) < 4.78 is 28.5. The summed E-state index contributed by atoms with van der Waals surface area (Å²) >= 11 is 5.82. The van der Waals surface area contributed by atoms with Crippen LogP contribution in [0.3, 0.4) is 0 Å². The second-order valence-corrected chi connectivity index (χ2v) is 5.29. The van der Waals surface area contributed by atoms with Crippen molar-refractivity contribution in [1.82, 2.24) is 4.98 Å². The summed E-state index contributed by atoms with van der Waals surface area (Å²) in [5.74, 6) is -0.300. The van der Waals surface area contributed by atoms with Crippen molar-refractivity contribution in [2.45, 2.75) is 6.61 Å². The van der Waals surface area contributed by atoms with Gasteiger partial charge in [0.15, 0.2) is 0 Å². The molecule has 0 radical (unpaired) electrons. The highest BCUT2D eigenvalue weighted by molar-refractivity contribution is 6.29. The molecule has 0 aliphatic carbocycles. The lowest BCUT2D eigenvalue weighted by Gasteiger charge is -2.08. The summed E-state index contributed by atoms with van der Waals surface area (Å²) in [5.41, 5.74) is 1.60. The second-order valence-electron chi connectivity index (χ2n) is 4.90. The molecular weight excluding hydrogens is 338 g/mol. The lowest BCUT2D eigenvalue weighted by Crippen LogP contribution is -2.11. The van der Waals surface area contributed by atoms with Gasteiger partial charge >= 0.3 is 6.61 Å². The van der Waals surface area contributed by atoms with Gasteiger partial charge in [-0.05, 0) is 54.6 Å². The molecule has 0 atom stereocenters. The summed E-state index contributed by atoms with van der Waals surface area (Å²) in [4.78, 5) is 16.4. The summed E-state index contributed by atoms with van der Waals surface area (Å²) in [6.07, 6.45) is 0. The van der Waals surface area contributed by atoms with Gasteiger partial charge in [-0.1, -0.05) is 11.6 Å². The number of nitrogens with one attached hydrogen (secondary N) is 1. The average Bonchev–Trinajstić information content (AvgIpc) is 2.55. The van der Waals surface area contributed by atoms with Crippen LogP contribution in [0.4, 0.5) is 14.5 Å². The maximum Gasteiger partial charge on any atom is 0.387 e. The Morgan fingerprint density at radius 1 is 1.08 bits per heavy atom. The molecule has 0 aliphatic rings. The smallest absolute Gasteiger partial charge is 0.387 e. The van der Waals surface area contributed by atoms with Gasteiger partial charge in [-0.15, -0.1) is 0 Å². The molecule has 1 heterocycles. The zero-order valence-electron chi connectivity index (χ0n) is 12.2. The molecule has 0 unspecified atom stereocenters. The number of nitrogens with zero attached hydrogens (tertiary/aromatic N) is 1. The fourth-order valence-corrected chi connectivity index (χ4v) is 2.32. The molecule has 1 amide bonds. The molecule has 122 valence electrons. The van der Waals surface area contributed by atoms with Gasteiger partial charge in [0.1, 0.15) is 10.9 Å². The summed E-state index contributed by atoms with van der Waals surface area (Å²) in [6, 6.07) is 14.1. The Kier molecular flexibility index (Phi) is 4.57. The van der Waals surface area contributed by atoms with Crippen molar-refractivity contribution in [3.05, 3.63) is 65.3 Å². The molecule has 0 saturated heterocycles. The number of hydrogen-bond acceptors (Lipinski definition) is 3. The highest BCUT2D eigenvalue weighted by atomic mass is 35.5. The van der Waals surface area contributed by atoms with Crippen LogP contribution in [-0.4, -0.2) is 17.5 Å². The summed E-state index contributed by atoms with van der Waals surface area (Å²) in [5, 5.41) is 3.85. The first-order chi connectivity index (χ1) is 11.5. The predicted molar refractivity (Wildman–Crippen MR) is 87.8 cm³/mol. The molecule has 24 heavy (non-hydrogen) atoms. The Labute approximate surface area is 141 Å². The number of aromatic nitrogens is 1. The first-order valence-corrected chi connectivity index (χ1v) is 7.31. The number of rotatable bonds is 4. The second kappa shape index (κ2) is 6.80. The predicted octanol–water partition coefficient (Wildman–Crippen LogP) is 4.74. The van der Waals surface area contributed by atoms with Crippen LogP contribution in [0, 0.1) is 0 Å². The molecule has 3 aromatic rings. The van der Waals surface area contributed by atoms with E-state index in [1.807, 2.05) is 0 Å². The van der Waals surface area contributed by atoms with Crippen LogP contribution in [0.2, 0.25) is 5.15 Å². The van der Waals surface area contributed by atoms with E-state index in [1.165, 1.54) is 24.3 Å². The van der Waals surface area contributed by atoms with Gasteiger partial charge in [0.25, 0.3) is 5.91 Å². The molecule has 7 heteroatoms. The van der Waals surface area contributed by atoms with Crippen LogP contribution in [-0.2, 0) is 0 Å². The number of ether oxygens (including phenoxy) is 1. The molecule has 0 aliphatic heterocycles. The number of anilines is 1. The monoisotopic (exact) mass is 348 g/mol. The number of fused-ring (bicyclic) bond motifs is 1. The Hall–Kier alpha value is -2.73. The van der Waals surface area contributed by atoms with E-state index in [1.54, 1.807) is 30.3 Å². The third-order valence-corrected chi connectivity index (χ3v) is 3.47. The van der Waals surface area contributed by atoms with Crippen molar-refractivity contribution in [3.63, 3.8) is 0 Å². The Morgan fingerprint density at radius 3 is 2.54 bits per heavy atom. The molecule has 0 spiro atoms. The maximum atomic E-state index is 12.3. The number of carbonyl (C=O) groups is 1.